The lowest BCUT2D eigenvalue weighted by Crippen LogP contribution is -2.25. The fraction of sp³-hybridized carbons (Fsp3) is 0.364. The Bertz CT molecular complexity index is 1200. The van der Waals surface area contributed by atoms with Crippen LogP contribution in [0.5, 0.6) is 0 Å². The van der Waals surface area contributed by atoms with Crippen molar-refractivity contribution in [3.05, 3.63) is 59.1 Å². The number of rotatable bonds is 4. The molecular formula is C22H26F3N7O. The SMILES string of the molecule is C=C(C)C(=O)N1Cc2c(NC(C)c3cc(N)cc(C(F)(F)F)c3)nc3nncn3c2C1.CC. The Labute approximate surface area is 189 Å². The number of carbonyl (C=O) groups excluding carboxylic acids is 1. The first-order valence-electron chi connectivity index (χ1n) is 10.4. The maximum Gasteiger partial charge on any atom is 0.416 e. The van der Waals surface area contributed by atoms with Crippen molar-refractivity contribution in [2.45, 2.75) is 53.0 Å². The molecule has 0 saturated heterocycles. The molecule has 8 nitrogen and oxygen atoms in total. The van der Waals surface area contributed by atoms with Crippen LogP contribution in [0, 0.1) is 0 Å². The van der Waals surface area contributed by atoms with Crippen molar-refractivity contribution >= 4 is 23.2 Å². The summed E-state index contributed by atoms with van der Waals surface area (Å²) in [5, 5.41) is 11.0. The van der Waals surface area contributed by atoms with Gasteiger partial charge in [-0.15, -0.1) is 10.2 Å². The van der Waals surface area contributed by atoms with Crippen molar-refractivity contribution in [2.75, 3.05) is 11.1 Å². The molecule has 1 aliphatic heterocycles. The van der Waals surface area contributed by atoms with E-state index in [-0.39, 0.29) is 18.1 Å². The van der Waals surface area contributed by atoms with Gasteiger partial charge in [0.2, 0.25) is 5.91 Å². The van der Waals surface area contributed by atoms with Gasteiger partial charge in [0.1, 0.15) is 12.1 Å². The highest BCUT2D eigenvalue weighted by Gasteiger charge is 2.32. The van der Waals surface area contributed by atoms with Gasteiger partial charge in [-0.2, -0.15) is 18.2 Å². The number of nitrogens with zero attached hydrogens (tertiary/aromatic N) is 5. The van der Waals surface area contributed by atoms with Gasteiger partial charge in [-0.25, -0.2) is 0 Å². The monoisotopic (exact) mass is 461 g/mol. The average Bonchev–Trinajstić information content (AvgIpc) is 3.40. The zero-order chi connectivity index (χ0) is 24.5. The van der Waals surface area contributed by atoms with Gasteiger partial charge in [-0.05, 0) is 37.6 Å². The number of hydrogen-bond donors (Lipinski definition) is 2. The van der Waals surface area contributed by atoms with Crippen LogP contribution in [0.1, 0.15) is 56.1 Å². The van der Waals surface area contributed by atoms with Crippen LogP contribution in [-0.2, 0) is 24.1 Å². The average molecular weight is 461 g/mol. The van der Waals surface area contributed by atoms with Crippen LogP contribution in [0.15, 0.2) is 36.7 Å². The Morgan fingerprint density at radius 3 is 2.58 bits per heavy atom. The largest absolute Gasteiger partial charge is 0.416 e. The summed E-state index contributed by atoms with van der Waals surface area (Å²) < 4.78 is 41.3. The summed E-state index contributed by atoms with van der Waals surface area (Å²) in [4.78, 5) is 18.5. The number of hydrogen-bond acceptors (Lipinski definition) is 6. The fourth-order valence-corrected chi connectivity index (χ4v) is 3.62. The van der Waals surface area contributed by atoms with Crippen LogP contribution < -0.4 is 11.1 Å². The number of alkyl halides is 3. The molecule has 1 aromatic carbocycles. The minimum Gasteiger partial charge on any atom is -0.399 e. The van der Waals surface area contributed by atoms with Gasteiger partial charge in [-0.3, -0.25) is 9.20 Å². The number of nitrogen functional groups attached to an aromatic ring is 1. The second kappa shape index (κ2) is 9.08. The molecule has 0 aliphatic carbocycles. The number of nitrogens with two attached hydrogens (primary N) is 1. The Hall–Kier alpha value is -3.63. The van der Waals surface area contributed by atoms with E-state index in [2.05, 4.69) is 27.1 Å². The summed E-state index contributed by atoms with van der Waals surface area (Å²) in [5.74, 6) is 0.555. The molecule has 0 spiro atoms. The van der Waals surface area contributed by atoms with Crippen molar-refractivity contribution in [2.24, 2.45) is 0 Å². The topological polar surface area (TPSA) is 101 Å². The van der Waals surface area contributed by atoms with Gasteiger partial charge in [0.05, 0.1) is 30.4 Å². The Balaban J connectivity index is 0.00000149. The molecule has 0 radical (unpaired) electrons. The molecule has 3 aromatic rings. The second-order valence-electron chi connectivity index (χ2n) is 7.58. The van der Waals surface area contributed by atoms with Gasteiger partial charge in [0.25, 0.3) is 5.78 Å². The molecule has 3 heterocycles. The summed E-state index contributed by atoms with van der Waals surface area (Å²) in [7, 11) is 0. The van der Waals surface area contributed by atoms with Crippen molar-refractivity contribution in [3.8, 4) is 0 Å². The van der Waals surface area contributed by atoms with Crippen molar-refractivity contribution in [3.63, 3.8) is 0 Å². The summed E-state index contributed by atoms with van der Waals surface area (Å²) in [6.07, 6.45) is -3.00. The smallest absolute Gasteiger partial charge is 0.399 e. The van der Waals surface area contributed by atoms with E-state index < -0.39 is 17.8 Å². The minimum atomic E-state index is -4.51. The molecule has 0 saturated carbocycles. The third-order valence-corrected chi connectivity index (χ3v) is 5.17. The van der Waals surface area contributed by atoms with E-state index in [1.807, 2.05) is 13.8 Å². The summed E-state index contributed by atoms with van der Waals surface area (Å²) in [5.41, 5.74) is 7.19. The molecule has 1 atom stereocenters. The first-order valence-corrected chi connectivity index (χ1v) is 10.4. The van der Waals surface area contributed by atoms with Gasteiger partial charge >= 0.3 is 6.18 Å². The summed E-state index contributed by atoms with van der Waals surface area (Å²) in [6, 6.07) is 2.90. The lowest BCUT2D eigenvalue weighted by Gasteiger charge is -2.19. The molecule has 0 bridgehead atoms. The van der Waals surface area contributed by atoms with E-state index in [4.69, 9.17) is 5.73 Å². The number of aromatic nitrogens is 4. The molecular weight excluding hydrogens is 435 g/mol. The molecule has 2 aromatic heterocycles. The molecule has 176 valence electrons. The molecule has 0 fully saturated rings. The van der Waals surface area contributed by atoms with Crippen LogP contribution in [0.4, 0.5) is 24.7 Å². The summed E-state index contributed by atoms with van der Waals surface area (Å²) >= 11 is 0. The van der Waals surface area contributed by atoms with E-state index in [0.717, 1.165) is 23.4 Å². The van der Waals surface area contributed by atoms with E-state index in [1.165, 1.54) is 12.4 Å². The van der Waals surface area contributed by atoms with E-state index in [1.54, 1.807) is 23.1 Å². The van der Waals surface area contributed by atoms with Crippen LogP contribution in [0.3, 0.4) is 0 Å². The highest BCUT2D eigenvalue weighted by atomic mass is 19.4. The number of benzene rings is 1. The van der Waals surface area contributed by atoms with Gasteiger partial charge in [0.15, 0.2) is 0 Å². The normalized spacial score (nSPS) is 13.8. The maximum atomic E-state index is 13.2. The van der Waals surface area contributed by atoms with E-state index >= 15 is 0 Å². The van der Waals surface area contributed by atoms with Crippen LogP contribution in [0.25, 0.3) is 5.78 Å². The zero-order valence-electron chi connectivity index (χ0n) is 18.9. The molecule has 4 rings (SSSR count). The van der Waals surface area contributed by atoms with Crippen molar-refractivity contribution < 1.29 is 18.0 Å². The number of anilines is 2. The number of nitrogens with one attached hydrogen (secondary N) is 1. The van der Waals surface area contributed by atoms with E-state index in [0.29, 0.717) is 29.3 Å². The predicted octanol–water partition coefficient (Wildman–Crippen LogP) is 4.34. The molecule has 1 unspecified atom stereocenters. The first-order chi connectivity index (χ1) is 15.5. The second-order valence-corrected chi connectivity index (χ2v) is 7.58. The number of amides is 1. The number of halogens is 3. The Kier molecular flexibility index (Phi) is 6.61. The molecule has 1 amide bonds. The Morgan fingerprint density at radius 1 is 1.24 bits per heavy atom. The summed E-state index contributed by atoms with van der Waals surface area (Å²) in [6.45, 7) is 11.6. The number of carbonyl (C=O) groups is 1. The molecule has 11 heteroatoms. The van der Waals surface area contributed by atoms with Gasteiger partial charge < -0.3 is 16.0 Å². The zero-order valence-corrected chi connectivity index (χ0v) is 18.9. The first kappa shape index (κ1) is 24.0. The number of fused-ring (bicyclic) bond motifs is 3. The predicted molar refractivity (Wildman–Crippen MR) is 119 cm³/mol. The van der Waals surface area contributed by atoms with Crippen LogP contribution >= 0.6 is 0 Å². The van der Waals surface area contributed by atoms with Crippen LogP contribution in [0.2, 0.25) is 0 Å². The maximum absolute atomic E-state index is 13.2. The third kappa shape index (κ3) is 4.76. The standard InChI is InChI=1S/C20H20F3N7O.C2H6/c1-10(2)18(31)29-7-15-16(8-29)30-9-25-28-19(30)27-17(15)26-11(3)12-4-13(20(21,22)23)6-14(24)5-12;1-2/h4-6,9,11H,1,7-8,24H2,2-3H3,(H,26,27,28);1-2H3. The lowest BCUT2D eigenvalue weighted by molar-refractivity contribution is -0.137. The quantitative estimate of drug-likeness (QED) is 0.443. The fourth-order valence-electron chi connectivity index (χ4n) is 3.62. The van der Waals surface area contributed by atoms with Gasteiger partial charge in [0, 0.05) is 16.8 Å². The highest BCUT2D eigenvalue weighted by molar-refractivity contribution is 5.92. The molecule has 1 aliphatic rings. The third-order valence-electron chi connectivity index (χ3n) is 5.17. The van der Waals surface area contributed by atoms with Crippen LogP contribution in [-0.4, -0.2) is 30.4 Å². The highest BCUT2D eigenvalue weighted by Crippen LogP contribution is 2.35. The minimum absolute atomic E-state index is 0.0165. The van der Waals surface area contributed by atoms with Gasteiger partial charge in [-0.1, -0.05) is 20.4 Å². The lowest BCUT2D eigenvalue weighted by atomic mass is 10.0. The molecule has 3 N–H and O–H groups in total. The van der Waals surface area contributed by atoms with E-state index in [9.17, 15) is 18.0 Å². The molecule has 33 heavy (non-hydrogen) atoms. The van der Waals surface area contributed by atoms with Crippen molar-refractivity contribution in [1.29, 1.82) is 0 Å². The Morgan fingerprint density at radius 2 is 1.94 bits per heavy atom. The van der Waals surface area contributed by atoms with Crippen molar-refractivity contribution in [1.82, 2.24) is 24.5 Å².